The van der Waals surface area contributed by atoms with Crippen LogP contribution in [0.3, 0.4) is 0 Å². The van der Waals surface area contributed by atoms with Gasteiger partial charge in [-0.2, -0.15) is 0 Å². The van der Waals surface area contributed by atoms with Crippen molar-refractivity contribution >= 4 is 27.1 Å². The Balaban J connectivity index is 1.41. The first kappa shape index (κ1) is 19.4. The fraction of sp³-hybridized carbons (Fsp3) is 0.435. The Morgan fingerprint density at radius 2 is 1.77 bits per heavy atom. The van der Waals surface area contributed by atoms with Crippen LogP contribution in [-0.2, 0) is 40.3 Å². The van der Waals surface area contributed by atoms with E-state index in [9.17, 15) is 13.2 Å². The van der Waals surface area contributed by atoms with Crippen molar-refractivity contribution in [3.05, 3.63) is 51.8 Å². The molecule has 0 fully saturated rings. The zero-order valence-electron chi connectivity index (χ0n) is 17.3. The lowest BCUT2D eigenvalue weighted by Crippen LogP contribution is -2.24. The summed E-state index contributed by atoms with van der Waals surface area (Å²) < 4.78 is 25.9. The lowest BCUT2D eigenvalue weighted by atomic mass is 9.98. The number of hydrogen-bond acceptors (Lipinski definition) is 5. The number of nitrogens with one attached hydrogen (secondary N) is 1. The molecule has 2 heterocycles. The number of aromatic nitrogens is 1. The third-order valence-corrected chi connectivity index (χ3v) is 8.07. The summed E-state index contributed by atoms with van der Waals surface area (Å²) >= 11 is 0. The van der Waals surface area contributed by atoms with Crippen LogP contribution in [0.1, 0.15) is 66.2 Å². The normalized spacial score (nSPS) is 19.3. The van der Waals surface area contributed by atoms with Crippen molar-refractivity contribution in [2.75, 3.05) is 11.1 Å². The zero-order chi connectivity index (χ0) is 21.0. The first-order valence-corrected chi connectivity index (χ1v) is 12.2. The molecule has 1 unspecified atom stereocenters. The van der Waals surface area contributed by atoms with E-state index in [0.717, 1.165) is 61.2 Å². The van der Waals surface area contributed by atoms with Crippen molar-refractivity contribution in [2.24, 2.45) is 4.99 Å². The van der Waals surface area contributed by atoms with Crippen LogP contribution in [-0.4, -0.2) is 30.8 Å². The fourth-order valence-electron chi connectivity index (χ4n) is 5.07. The summed E-state index contributed by atoms with van der Waals surface area (Å²) in [4.78, 5) is 21.7. The molecule has 5 rings (SSSR count). The van der Waals surface area contributed by atoms with E-state index in [-0.39, 0.29) is 10.9 Å². The van der Waals surface area contributed by atoms with E-state index >= 15 is 0 Å². The molecule has 1 N–H and O–H groups in total. The Kier molecular flexibility index (Phi) is 4.54. The number of anilines is 1. The van der Waals surface area contributed by atoms with Gasteiger partial charge in [-0.15, -0.1) is 0 Å². The molecular formula is C23H25N3O3S. The smallest absolute Gasteiger partial charge is 0.239 e. The maximum atomic E-state index is 12.9. The second-order valence-corrected chi connectivity index (χ2v) is 10.5. The summed E-state index contributed by atoms with van der Waals surface area (Å²) in [5, 5.41) is 2.97. The minimum absolute atomic E-state index is 0.0673. The summed E-state index contributed by atoms with van der Waals surface area (Å²) in [5.41, 5.74) is 8.20. The molecular weight excluding hydrogens is 398 g/mol. The largest absolute Gasteiger partial charge is 0.325 e. The Morgan fingerprint density at radius 1 is 1.10 bits per heavy atom. The highest BCUT2D eigenvalue weighted by Crippen LogP contribution is 2.38. The van der Waals surface area contributed by atoms with Gasteiger partial charge >= 0.3 is 0 Å². The average molecular weight is 424 g/mol. The van der Waals surface area contributed by atoms with Gasteiger partial charge in [-0.25, -0.2) is 8.42 Å². The molecule has 1 aromatic carbocycles. The average Bonchev–Trinajstić information content (AvgIpc) is 3.41. The van der Waals surface area contributed by atoms with Crippen molar-refractivity contribution < 1.29 is 13.2 Å². The topological polar surface area (TPSA) is 88.5 Å². The van der Waals surface area contributed by atoms with Crippen molar-refractivity contribution in [2.45, 2.75) is 63.3 Å². The number of fused-ring (bicyclic) bond motifs is 3. The standard InChI is InChI=1S/C23H25N3O3S/c1-13-20-10-17(11-24-22(20)14(2)25-13)30(28,29)12-21(27)26-23-18-7-3-5-15(18)9-16-6-4-8-19(16)23/h9-11,14H,3-8,12H2,1-2H3,(H,26,27). The van der Waals surface area contributed by atoms with Gasteiger partial charge in [0.1, 0.15) is 5.75 Å². The Hall–Kier alpha value is -2.54. The number of rotatable bonds is 4. The molecule has 0 radical (unpaired) electrons. The number of pyridine rings is 1. The molecule has 0 saturated carbocycles. The zero-order valence-corrected chi connectivity index (χ0v) is 18.1. The van der Waals surface area contributed by atoms with Gasteiger partial charge in [0.2, 0.25) is 5.91 Å². The minimum Gasteiger partial charge on any atom is -0.325 e. The number of aryl methyl sites for hydroxylation is 2. The summed E-state index contributed by atoms with van der Waals surface area (Å²) in [6.45, 7) is 3.78. The fourth-order valence-corrected chi connectivity index (χ4v) is 6.16. The van der Waals surface area contributed by atoms with Gasteiger partial charge in [-0.05, 0) is 80.7 Å². The number of nitrogens with zero attached hydrogens (tertiary/aromatic N) is 2. The number of sulfone groups is 1. The molecule has 0 spiro atoms. The minimum atomic E-state index is -3.80. The van der Waals surface area contributed by atoms with Crippen molar-refractivity contribution in [1.82, 2.24) is 4.98 Å². The molecule has 1 atom stereocenters. The molecule has 1 aliphatic heterocycles. The highest BCUT2D eigenvalue weighted by molar-refractivity contribution is 7.92. The lowest BCUT2D eigenvalue weighted by molar-refractivity contribution is -0.113. The van der Waals surface area contributed by atoms with E-state index < -0.39 is 21.5 Å². The number of benzene rings is 1. The van der Waals surface area contributed by atoms with E-state index in [0.29, 0.717) is 0 Å². The van der Waals surface area contributed by atoms with Gasteiger partial charge in [-0.1, -0.05) is 6.07 Å². The van der Waals surface area contributed by atoms with Gasteiger partial charge in [0.05, 0.1) is 16.6 Å². The Morgan fingerprint density at radius 3 is 2.43 bits per heavy atom. The van der Waals surface area contributed by atoms with Crippen molar-refractivity contribution in [1.29, 1.82) is 0 Å². The number of carbonyl (C=O) groups excluding carboxylic acids is 1. The number of aliphatic imine (C=N–C) groups is 1. The molecule has 30 heavy (non-hydrogen) atoms. The molecule has 156 valence electrons. The van der Waals surface area contributed by atoms with Gasteiger partial charge in [0, 0.05) is 23.2 Å². The summed E-state index contributed by atoms with van der Waals surface area (Å²) in [6, 6.07) is 3.82. The lowest BCUT2D eigenvalue weighted by Gasteiger charge is -2.16. The molecule has 0 saturated heterocycles. The van der Waals surface area contributed by atoms with Gasteiger partial charge in [0.15, 0.2) is 9.84 Å². The number of hydrogen-bond donors (Lipinski definition) is 1. The summed E-state index contributed by atoms with van der Waals surface area (Å²) in [7, 11) is -3.80. The Labute approximate surface area is 176 Å². The molecule has 6 nitrogen and oxygen atoms in total. The first-order valence-electron chi connectivity index (χ1n) is 10.6. The molecule has 3 aliphatic rings. The predicted molar refractivity (Wildman–Crippen MR) is 116 cm³/mol. The maximum absolute atomic E-state index is 12.9. The van der Waals surface area contributed by atoms with Crippen LogP contribution >= 0.6 is 0 Å². The predicted octanol–water partition coefficient (Wildman–Crippen LogP) is 3.36. The summed E-state index contributed by atoms with van der Waals surface area (Å²) in [6.07, 6.45) is 7.46. The SMILES string of the molecule is CC1=NC(C)c2ncc(S(=O)(=O)CC(=O)Nc3c4c(cc5c3CCC5)CCC4)cc21. The van der Waals surface area contributed by atoms with E-state index in [1.165, 1.54) is 28.5 Å². The first-order chi connectivity index (χ1) is 14.3. The second-order valence-electron chi connectivity index (χ2n) is 8.54. The van der Waals surface area contributed by atoms with Gasteiger partial charge < -0.3 is 5.32 Å². The molecule has 7 heteroatoms. The van der Waals surface area contributed by atoms with E-state index in [2.05, 4.69) is 21.4 Å². The number of amides is 1. The number of carbonyl (C=O) groups is 1. The molecule has 1 amide bonds. The monoisotopic (exact) mass is 423 g/mol. The highest BCUT2D eigenvalue weighted by Gasteiger charge is 2.28. The maximum Gasteiger partial charge on any atom is 0.239 e. The van der Waals surface area contributed by atoms with Gasteiger partial charge in [0.25, 0.3) is 0 Å². The van der Waals surface area contributed by atoms with Crippen molar-refractivity contribution in [3.8, 4) is 0 Å². The van der Waals surface area contributed by atoms with Crippen LogP contribution in [0.15, 0.2) is 28.2 Å². The van der Waals surface area contributed by atoms with Crippen molar-refractivity contribution in [3.63, 3.8) is 0 Å². The van der Waals surface area contributed by atoms with Crippen LogP contribution < -0.4 is 5.32 Å². The van der Waals surface area contributed by atoms with Crippen LogP contribution in [0, 0.1) is 0 Å². The third kappa shape index (κ3) is 3.16. The van der Waals surface area contributed by atoms with Gasteiger partial charge in [-0.3, -0.25) is 14.8 Å². The van der Waals surface area contributed by atoms with Crippen LogP contribution in [0.2, 0.25) is 0 Å². The molecule has 1 aromatic heterocycles. The molecule has 0 bridgehead atoms. The second kappa shape index (κ2) is 7.01. The third-order valence-electron chi connectivity index (χ3n) is 6.48. The van der Waals surface area contributed by atoms with E-state index in [1.54, 1.807) is 6.07 Å². The molecule has 2 aromatic rings. The van der Waals surface area contributed by atoms with Crippen LogP contribution in [0.25, 0.3) is 0 Å². The van der Waals surface area contributed by atoms with Crippen LogP contribution in [0.5, 0.6) is 0 Å². The van der Waals surface area contributed by atoms with Crippen LogP contribution in [0.4, 0.5) is 5.69 Å². The molecule has 2 aliphatic carbocycles. The highest BCUT2D eigenvalue weighted by atomic mass is 32.2. The van der Waals surface area contributed by atoms with E-state index in [4.69, 9.17) is 0 Å². The Bertz CT molecular complexity index is 1180. The quantitative estimate of drug-likeness (QED) is 0.817. The summed E-state index contributed by atoms with van der Waals surface area (Å²) in [5.74, 6) is -1.07. The van der Waals surface area contributed by atoms with E-state index in [1.807, 2.05) is 13.8 Å².